The molecule has 0 saturated carbocycles. The highest BCUT2D eigenvalue weighted by Gasteiger charge is 2.21. The van der Waals surface area contributed by atoms with Crippen molar-refractivity contribution in [2.45, 2.75) is 12.8 Å². The van der Waals surface area contributed by atoms with Crippen LogP contribution in [0.4, 0.5) is 8.78 Å². The van der Waals surface area contributed by atoms with E-state index in [0.717, 1.165) is 0 Å². The second-order valence-corrected chi connectivity index (χ2v) is 3.34. The lowest BCUT2D eigenvalue weighted by Gasteiger charge is -2.08. The summed E-state index contributed by atoms with van der Waals surface area (Å²) in [6.45, 7) is 0.293. The smallest absolute Gasteiger partial charge is 0.263 e. The standard InChI is InChI=1S/C10H11F2NO3/c11-10(12)7-3-6(1-2-16-13)9-8(4-7)14-5-15-9/h3-4,10H,1-2,5,13H2. The molecule has 4 nitrogen and oxygen atoms in total. The minimum atomic E-state index is -2.54. The molecule has 0 atom stereocenters. The first-order valence-corrected chi connectivity index (χ1v) is 4.74. The highest BCUT2D eigenvalue weighted by atomic mass is 19.3. The maximum Gasteiger partial charge on any atom is 0.263 e. The molecular formula is C10H11F2NO3. The summed E-state index contributed by atoms with van der Waals surface area (Å²) in [5.74, 6) is 5.75. The Kier molecular flexibility index (Phi) is 3.21. The van der Waals surface area contributed by atoms with E-state index in [4.69, 9.17) is 15.4 Å². The fourth-order valence-corrected chi connectivity index (χ4v) is 1.59. The molecule has 1 heterocycles. The molecule has 0 radical (unpaired) electrons. The molecule has 0 aliphatic carbocycles. The van der Waals surface area contributed by atoms with Crippen molar-refractivity contribution in [1.29, 1.82) is 0 Å². The zero-order chi connectivity index (χ0) is 11.5. The van der Waals surface area contributed by atoms with Crippen LogP contribution in [-0.2, 0) is 11.3 Å². The molecule has 88 valence electrons. The number of hydrogen-bond acceptors (Lipinski definition) is 4. The monoisotopic (exact) mass is 231 g/mol. The minimum Gasteiger partial charge on any atom is -0.454 e. The normalized spacial score (nSPS) is 13.5. The van der Waals surface area contributed by atoms with Crippen molar-refractivity contribution in [2.24, 2.45) is 5.90 Å². The first kappa shape index (κ1) is 11.1. The number of hydrogen-bond donors (Lipinski definition) is 1. The summed E-state index contributed by atoms with van der Waals surface area (Å²) in [6.07, 6.45) is -2.13. The van der Waals surface area contributed by atoms with E-state index in [-0.39, 0.29) is 19.0 Å². The summed E-state index contributed by atoms with van der Waals surface area (Å²) in [4.78, 5) is 4.42. The topological polar surface area (TPSA) is 53.7 Å². The van der Waals surface area contributed by atoms with E-state index in [1.165, 1.54) is 12.1 Å². The Hall–Kier alpha value is -1.40. The zero-order valence-corrected chi connectivity index (χ0v) is 8.41. The van der Waals surface area contributed by atoms with E-state index in [9.17, 15) is 8.78 Å². The van der Waals surface area contributed by atoms with Crippen LogP contribution in [0.3, 0.4) is 0 Å². The predicted octanol–water partition coefficient (Wildman–Crippen LogP) is 1.79. The summed E-state index contributed by atoms with van der Waals surface area (Å²) in [5, 5.41) is 0. The van der Waals surface area contributed by atoms with Crippen LogP contribution in [0.25, 0.3) is 0 Å². The molecule has 2 N–H and O–H groups in total. The van der Waals surface area contributed by atoms with Crippen molar-refractivity contribution >= 4 is 0 Å². The van der Waals surface area contributed by atoms with Gasteiger partial charge in [0.2, 0.25) is 6.79 Å². The van der Waals surface area contributed by atoms with Crippen LogP contribution in [-0.4, -0.2) is 13.4 Å². The first-order chi connectivity index (χ1) is 7.72. The van der Waals surface area contributed by atoms with E-state index in [1.807, 2.05) is 0 Å². The van der Waals surface area contributed by atoms with Gasteiger partial charge in [-0.3, -0.25) is 0 Å². The van der Waals surface area contributed by atoms with Gasteiger partial charge in [-0.15, -0.1) is 0 Å². The first-order valence-electron chi connectivity index (χ1n) is 4.74. The molecule has 0 aromatic heterocycles. The second-order valence-electron chi connectivity index (χ2n) is 3.34. The maximum absolute atomic E-state index is 12.6. The van der Waals surface area contributed by atoms with Gasteiger partial charge < -0.3 is 14.3 Å². The molecule has 0 amide bonds. The molecule has 1 aliphatic rings. The number of ether oxygens (including phenoxy) is 2. The van der Waals surface area contributed by atoms with Crippen molar-refractivity contribution in [3.8, 4) is 11.5 Å². The van der Waals surface area contributed by atoms with Gasteiger partial charge in [-0.1, -0.05) is 0 Å². The summed E-state index contributed by atoms with van der Waals surface area (Å²) < 4.78 is 35.5. The highest BCUT2D eigenvalue weighted by Crippen LogP contribution is 2.39. The van der Waals surface area contributed by atoms with Gasteiger partial charge >= 0.3 is 0 Å². The van der Waals surface area contributed by atoms with Gasteiger partial charge in [0.25, 0.3) is 6.43 Å². The van der Waals surface area contributed by atoms with Crippen LogP contribution >= 0.6 is 0 Å². The molecule has 0 unspecified atom stereocenters. The summed E-state index contributed by atoms with van der Waals surface area (Å²) >= 11 is 0. The van der Waals surface area contributed by atoms with Crippen molar-refractivity contribution in [1.82, 2.24) is 0 Å². The zero-order valence-electron chi connectivity index (χ0n) is 8.41. The molecule has 0 fully saturated rings. The molecule has 0 saturated heterocycles. The van der Waals surface area contributed by atoms with E-state index in [2.05, 4.69) is 4.84 Å². The number of halogens is 2. The van der Waals surface area contributed by atoms with Gasteiger partial charge in [-0.25, -0.2) is 14.7 Å². The number of rotatable bonds is 4. The number of nitrogens with two attached hydrogens (primary N) is 1. The third-order valence-electron chi connectivity index (χ3n) is 2.31. The lowest BCUT2D eigenvalue weighted by Crippen LogP contribution is -2.05. The van der Waals surface area contributed by atoms with E-state index < -0.39 is 6.43 Å². The maximum atomic E-state index is 12.6. The average molecular weight is 231 g/mol. The molecule has 0 spiro atoms. The van der Waals surface area contributed by atoms with Crippen molar-refractivity contribution in [3.63, 3.8) is 0 Å². The number of alkyl halides is 2. The Bertz CT molecular complexity index is 385. The van der Waals surface area contributed by atoms with Crippen molar-refractivity contribution < 1.29 is 23.1 Å². The summed E-state index contributed by atoms with van der Waals surface area (Å²) in [6, 6.07) is 2.68. The van der Waals surface area contributed by atoms with Crippen LogP contribution in [0.1, 0.15) is 17.6 Å². The second kappa shape index (κ2) is 4.63. The Morgan fingerprint density at radius 3 is 2.88 bits per heavy atom. The third-order valence-corrected chi connectivity index (χ3v) is 2.31. The quantitative estimate of drug-likeness (QED) is 0.802. The minimum absolute atomic E-state index is 0.0541. The van der Waals surface area contributed by atoms with Gasteiger partial charge in [-0.05, 0) is 12.1 Å². The molecule has 1 aromatic carbocycles. The van der Waals surface area contributed by atoms with Gasteiger partial charge in [0, 0.05) is 17.5 Å². The Balaban J connectivity index is 2.33. The van der Waals surface area contributed by atoms with Crippen molar-refractivity contribution in [3.05, 3.63) is 23.3 Å². The molecule has 0 bridgehead atoms. The van der Waals surface area contributed by atoms with Crippen LogP contribution in [0.5, 0.6) is 11.5 Å². The fourth-order valence-electron chi connectivity index (χ4n) is 1.59. The van der Waals surface area contributed by atoms with Crippen molar-refractivity contribution in [2.75, 3.05) is 13.4 Å². The van der Waals surface area contributed by atoms with E-state index >= 15 is 0 Å². The molecule has 2 rings (SSSR count). The predicted molar refractivity (Wildman–Crippen MR) is 51.4 cm³/mol. The number of benzene rings is 1. The Labute approximate surface area is 90.9 Å². The Morgan fingerprint density at radius 1 is 1.38 bits per heavy atom. The van der Waals surface area contributed by atoms with E-state index in [0.29, 0.717) is 23.5 Å². The molecule has 1 aliphatic heterocycles. The molecule has 6 heteroatoms. The van der Waals surface area contributed by atoms with Crippen LogP contribution in [0.2, 0.25) is 0 Å². The highest BCUT2D eigenvalue weighted by molar-refractivity contribution is 5.51. The van der Waals surface area contributed by atoms with Crippen LogP contribution in [0.15, 0.2) is 12.1 Å². The lowest BCUT2D eigenvalue weighted by atomic mass is 10.1. The molecular weight excluding hydrogens is 220 g/mol. The lowest BCUT2D eigenvalue weighted by molar-refractivity contribution is 0.139. The Morgan fingerprint density at radius 2 is 2.19 bits per heavy atom. The van der Waals surface area contributed by atoms with Crippen LogP contribution < -0.4 is 15.4 Å². The van der Waals surface area contributed by atoms with Gasteiger partial charge in [0.15, 0.2) is 11.5 Å². The van der Waals surface area contributed by atoms with E-state index in [1.54, 1.807) is 0 Å². The van der Waals surface area contributed by atoms with Gasteiger partial charge in [0.05, 0.1) is 6.61 Å². The van der Waals surface area contributed by atoms with Gasteiger partial charge in [0.1, 0.15) is 0 Å². The summed E-state index contributed by atoms with van der Waals surface area (Å²) in [5.41, 5.74) is 0.534. The number of fused-ring (bicyclic) bond motifs is 1. The van der Waals surface area contributed by atoms with Gasteiger partial charge in [-0.2, -0.15) is 0 Å². The SMILES string of the molecule is NOCCc1cc(C(F)F)cc2c1OCO2. The third kappa shape index (κ3) is 2.07. The summed E-state index contributed by atoms with van der Waals surface area (Å²) in [7, 11) is 0. The largest absolute Gasteiger partial charge is 0.454 e. The molecule has 16 heavy (non-hydrogen) atoms. The molecule has 1 aromatic rings. The average Bonchev–Trinajstić information content (AvgIpc) is 2.73. The van der Waals surface area contributed by atoms with Crippen LogP contribution in [0, 0.1) is 0 Å². The fraction of sp³-hybridized carbons (Fsp3) is 0.400.